The number of hydrogen-bond donors (Lipinski definition) is 0. The molecular weight excluding hydrogens is 233 g/mol. The third-order valence-corrected chi connectivity index (χ3v) is 2.42. The van der Waals surface area contributed by atoms with E-state index in [4.69, 9.17) is 23.2 Å². The average molecular weight is 242 g/mol. The SMILES string of the molecule is ClCCc1cn(-c2ccc(Cl)cc2)nn1. The first-order chi connectivity index (χ1) is 7.29. The maximum absolute atomic E-state index is 5.79. The van der Waals surface area contributed by atoms with Crippen LogP contribution >= 0.6 is 23.2 Å². The molecule has 0 aliphatic carbocycles. The fraction of sp³-hybridized carbons (Fsp3) is 0.200. The number of aromatic nitrogens is 3. The highest BCUT2D eigenvalue weighted by atomic mass is 35.5. The van der Waals surface area contributed by atoms with Gasteiger partial charge < -0.3 is 0 Å². The number of halogens is 2. The molecule has 0 N–H and O–H groups in total. The molecule has 1 aromatic heterocycles. The minimum Gasteiger partial charge on any atom is -0.220 e. The topological polar surface area (TPSA) is 30.7 Å². The Bertz CT molecular complexity index is 436. The van der Waals surface area contributed by atoms with E-state index in [9.17, 15) is 0 Å². The molecule has 0 spiro atoms. The van der Waals surface area contributed by atoms with E-state index in [1.54, 1.807) is 4.68 Å². The van der Waals surface area contributed by atoms with Gasteiger partial charge in [-0.05, 0) is 24.3 Å². The zero-order valence-corrected chi connectivity index (χ0v) is 9.41. The number of aryl methyl sites for hydroxylation is 1. The molecule has 1 heterocycles. The molecule has 0 atom stereocenters. The molecule has 1 aromatic carbocycles. The Morgan fingerprint density at radius 1 is 1.20 bits per heavy atom. The second-order valence-electron chi connectivity index (χ2n) is 3.07. The number of nitrogens with zero attached hydrogens (tertiary/aromatic N) is 3. The molecule has 78 valence electrons. The molecule has 0 saturated heterocycles. The maximum Gasteiger partial charge on any atom is 0.0843 e. The molecule has 0 bridgehead atoms. The fourth-order valence-corrected chi connectivity index (χ4v) is 1.55. The van der Waals surface area contributed by atoms with Crippen molar-refractivity contribution in [3.8, 4) is 5.69 Å². The van der Waals surface area contributed by atoms with Crippen LogP contribution in [0.15, 0.2) is 30.5 Å². The van der Waals surface area contributed by atoms with Gasteiger partial charge >= 0.3 is 0 Å². The van der Waals surface area contributed by atoms with Crippen LogP contribution in [-0.2, 0) is 6.42 Å². The van der Waals surface area contributed by atoms with Crippen LogP contribution in [0.25, 0.3) is 5.69 Å². The van der Waals surface area contributed by atoms with Crippen LogP contribution in [0.5, 0.6) is 0 Å². The van der Waals surface area contributed by atoms with E-state index in [1.807, 2.05) is 30.5 Å². The Balaban J connectivity index is 2.25. The van der Waals surface area contributed by atoms with E-state index in [-0.39, 0.29) is 0 Å². The van der Waals surface area contributed by atoms with E-state index in [0.29, 0.717) is 10.9 Å². The molecule has 2 rings (SSSR count). The monoisotopic (exact) mass is 241 g/mol. The van der Waals surface area contributed by atoms with Crippen molar-refractivity contribution in [2.75, 3.05) is 5.88 Å². The summed E-state index contributed by atoms with van der Waals surface area (Å²) in [6, 6.07) is 7.42. The van der Waals surface area contributed by atoms with Crippen molar-refractivity contribution in [3.05, 3.63) is 41.2 Å². The van der Waals surface area contributed by atoms with Gasteiger partial charge in [-0.3, -0.25) is 0 Å². The number of benzene rings is 1. The lowest BCUT2D eigenvalue weighted by Crippen LogP contribution is -1.93. The Morgan fingerprint density at radius 2 is 1.93 bits per heavy atom. The molecule has 0 aliphatic heterocycles. The van der Waals surface area contributed by atoms with Gasteiger partial charge in [-0.25, -0.2) is 4.68 Å². The minimum atomic E-state index is 0.555. The first-order valence-corrected chi connectivity index (χ1v) is 5.44. The standard InChI is InChI=1S/C10H9Cl2N3/c11-6-5-9-7-15(14-13-9)10-3-1-8(12)2-4-10/h1-4,7H,5-6H2. The van der Waals surface area contributed by atoms with Gasteiger partial charge in [-0.1, -0.05) is 16.8 Å². The number of hydrogen-bond acceptors (Lipinski definition) is 2. The summed E-state index contributed by atoms with van der Waals surface area (Å²) < 4.78 is 1.71. The summed E-state index contributed by atoms with van der Waals surface area (Å²) in [5.74, 6) is 0.555. The van der Waals surface area contributed by atoms with Crippen molar-refractivity contribution < 1.29 is 0 Å². The second-order valence-corrected chi connectivity index (χ2v) is 3.88. The molecule has 0 amide bonds. The van der Waals surface area contributed by atoms with Crippen molar-refractivity contribution in [3.63, 3.8) is 0 Å². The second kappa shape index (κ2) is 4.64. The van der Waals surface area contributed by atoms with Crippen LogP contribution in [0.3, 0.4) is 0 Å². The van der Waals surface area contributed by atoms with E-state index in [1.165, 1.54) is 0 Å². The number of alkyl halides is 1. The summed E-state index contributed by atoms with van der Waals surface area (Å²) >= 11 is 11.4. The van der Waals surface area contributed by atoms with Crippen LogP contribution in [0, 0.1) is 0 Å². The van der Waals surface area contributed by atoms with Gasteiger partial charge in [0.25, 0.3) is 0 Å². The molecule has 0 aliphatic rings. The largest absolute Gasteiger partial charge is 0.220 e. The first-order valence-electron chi connectivity index (χ1n) is 4.53. The van der Waals surface area contributed by atoms with Crippen LogP contribution in [0.2, 0.25) is 5.02 Å². The summed E-state index contributed by atoms with van der Waals surface area (Å²) in [6.07, 6.45) is 2.60. The van der Waals surface area contributed by atoms with Crippen molar-refractivity contribution in [2.45, 2.75) is 6.42 Å². The molecule has 0 fully saturated rings. The fourth-order valence-electron chi connectivity index (χ4n) is 1.23. The predicted octanol–water partition coefficient (Wildman–Crippen LogP) is 2.70. The van der Waals surface area contributed by atoms with Crippen molar-refractivity contribution in [1.82, 2.24) is 15.0 Å². The van der Waals surface area contributed by atoms with Crippen molar-refractivity contribution >= 4 is 23.2 Å². The molecular formula is C10H9Cl2N3. The van der Waals surface area contributed by atoms with Gasteiger partial charge in [-0.15, -0.1) is 16.7 Å². The summed E-state index contributed by atoms with van der Waals surface area (Å²) in [4.78, 5) is 0. The summed E-state index contributed by atoms with van der Waals surface area (Å²) in [7, 11) is 0. The van der Waals surface area contributed by atoms with Crippen molar-refractivity contribution in [1.29, 1.82) is 0 Å². The smallest absolute Gasteiger partial charge is 0.0843 e. The van der Waals surface area contributed by atoms with Gasteiger partial charge in [0, 0.05) is 17.3 Å². The molecule has 0 unspecified atom stereocenters. The number of rotatable bonds is 3. The Hall–Kier alpha value is -1.06. The zero-order chi connectivity index (χ0) is 10.7. The van der Waals surface area contributed by atoms with Gasteiger partial charge in [0.2, 0.25) is 0 Å². The van der Waals surface area contributed by atoms with Gasteiger partial charge in [0.15, 0.2) is 0 Å². The Labute approximate surface area is 97.6 Å². The highest BCUT2D eigenvalue weighted by molar-refractivity contribution is 6.30. The van der Waals surface area contributed by atoms with Gasteiger partial charge in [0.05, 0.1) is 17.6 Å². The quantitative estimate of drug-likeness (QED) is 0.774. The Morgan fingerprint density at radius 3 is 2.60 bits per heavy atom. The van der Waals surface area contributed by atoms with Crippen molar-refractivity contribution in [2.24, 2.45) is 0 Å². The van der Waals surface area contributed by atoms with E-state index in [2.05, 4.69) is 10.3 Å². The molecule has 2 aromatic rings. The molecule has 15 heavy (non-hydrogen) atoms. The molecule has 3 nitrogen and oxygen atoms in total. The lowest BCUT2D eigenvalue weighted by atomic mass is 10.3. The summed E-state index contributed by atoms with van der Waals surface area (Å²) in [6.45, 7) is 0. The lowest BCUT2D eigenvalue weighted by Gasteiger charge is -1.98. The first kappa shape index (κ1) is 10.5. The highest BCUT2D eigenvalue weighted by Crippen LogP contribution is 2.12. The molecule has 0 saturated carbocycles. The average Bonchev–Trinajstić information content (AvgIpc) is 2.68. The predicted molar refractivity (Wildman–Crippen MR) is 60.8 cm³/mol. The minimum absolute atomic E-state index is 0.555. The zero-order valence-electron chi connectivity index (χ0n) is 7.90. The van der Waals surface area contributed by atoms with Crippen LogP contribution in [-0.4, -0.2) is 20.9 Å². The lowest BCUT2D eigenvalue weighted by molar-refractivity contribution is 0.798. The summed E-state index contributed by atoms with van der Waals surface area (Å²) in [5.41, 5.74) is 1.83. The summed E-state index contributed by atoms with van der Waals surface area (Å²) in [5, 5.41) is 8.71. The van der Waals surface area contributed by atoms with Crippen LogP contribution < -0.4 is 0 Å². The van der Waals surface area contributed by atoms with E-state index < -0.39 is 0 Å². The van der Waals surface area contributed by atoms with Gasteiger partial charge in [0.1, 0.15) is 0 Å². The highest BCUT2D eigenvalue weighted by Gasteiger charge is 2.01. The van der Waals surface area contributed by atoms with Gasteiger partial charge in [-0.2, -0.15) is 0 Å². The molecule has 5 heteroatoms. The van der Waals surface area contributed by atoms with E-state index in [0.717, 1.165) is 17.8 Å². The Kier molecular flexibility index (Phi) is 3.23. The van der Waals surface area contributed by atoms with E-state index >= 15 is 0 Å². The normalized spacial score (nSPS) is 10.5. The van der Waals surface area contributed by atoms with Crippen LogP contribution in [0.1, 0.15) is 5.69 Å². The maximum atomic E-state index is 5.79. The third-order valence-electron chi connectivity index (χ3n) is 1.98. The molecule has 0 radical (unpaired) electrons. The van der Waals surface area contributed by atoms with Crippen LogP contribution in [0.4, 0.5) is 0 Å². The third kappa shape index (κ3) is 2.49.